The Morgan fingerprint density at radius 1 is 0.786 bits per heavy atom. The fraction of sp³-hybridized carbons (Fsp3) is 0.842. The molecule has 3 nitrogen and oxygen atoms in total. The van der Waals surface area contributed by atoms with Crippen molar-refractivity contribution in [2.45, 2.75) is 161 Å². The maximum atomic E-state index is 12.3. The molecule has 42 heavy (non-hydrogen) atoms. The summed E-state index contributed by atoms with van der Waals surface area (Å²) in [5.74, 6) is 2.37. The lowest BCUT2D eigenvalue weighted by Crippen LogP contribution is -3.00. The fourth-order valence-electron chi connectivity index (χ4n) is 9.73. The number of phenolic OH excluding ortho intramolecular Hbond substituents is 1. The maximum absolute atomic E-state index is 12.3. The van der Waals surface area contributed by atoms with E-state index in [1.54, 1.807) is 0 Å². The van der Waals surface area contributed by atoms with Crippen LogP contribution in [0.1, 0.15) is 160 Å². The third-order valence-corrected chi connectivity index (χ3v) is 12.4. The highest BCUT2D eigenvalue weighted by Gasteiger charge is 2.61. The van der Waals surface area contributed by atoms with Crippen molar-refractivity contribution in [3.05, 3.63) is 29.3 Å². The van der Waals surface area contributed by atoms with Crippen LogP contribution in [0.3, 0.4) is 0 Å². The Bertz CT molecular complexity index is 920. The van der Waals surface area contributed by atoms with Gasteiger partial charge in [-0.25, -0.2) is 0 Å². The number of hydrogen-bond acceptors (Lipinski definition) is 2. The number of unbranched alkanes of at least 4 members (excludes halogenated alkanes) is 10. The van der Waals surface area contributed by atoms with Crippen LogP contribution in [0.4, 0.5) is 0 Å². The van der Waals surface area contributed by atoms with Crippen molar-refractivity contribution in [1.82, 2.24) is 0 Å². The second-order valence-corrected chi connectivity index (χ2v) is 15.3. The molecule has 0 aliphatic heterocycles. The van der Waals surface area contributed by atoms with Gasteiger partial charge in [-0.15, -0.1) is 0 Å². The third kappa shape index (κ3) is 8.48. The molecule has 242 valence electrons. The summed E-state index contributed by atoms with van der Waals surface area (Å²) in [7, 11) is 2.53. The minimum absolute atomic E-state index is 0. The number of aromatic hydroxyl groups is 1. The van der Waals surface area contributed by atoms with Crippen molar-refractivity contribution in [3.8, 4) is 5.75 Å². The number of quaternary nitrogens is 1. The zero-order valence-corrected chi connectivity index (χ0v) is 28.7. The summed E-state index contributed by atoms with van der Waals surface area (Å²) in [5.41, 5.74) is 2.43. The SMILES string of the molecule is CCCCCCCC[N+](C)(CCCCCCCC)CCC[C@]1(O)CCC2[C@@H]3CCc4cc(O)ccc4[C@H]3CC[C@@]21C.[Cl-]. The topological polar surface area (TPSA) is 40.5 Å². The predicted octanol–water partition coefficient (Wildman–Crippen LogP) is 6.93. The van der Waals surface area contributed by atoms with E-state index in [1.165, 1.54) is 132 Å². The Kier molecular flexibility index (Phi) is 14.0. The summed E-state index contributed by atoms with van der Waals surface area (Å²) in [6.45, 7) is 10.9. The van der Waals surface area contributed by atoms with E-state index >= 15 is 0 Å². The molecule has 0 radical (unpaired) electrons. The molecule has 2 saturated carbocycles. The average Bonchev–Trinajstić information content (AvgIpc) is 3.22. The second kappa shape index (κ2) is 16.5. The lowest BCUT2D eigenvalue weighted by Gasteiger charge is -2.53. The first-order chi connectivity index (χ1) is 19.8. The number of benzene rings is 1. The molecule has 5 atom stereocenters. The van der Waals surface area contributed by atoms with Gasteiger partial charge in [0, 0.05) is 0 Å². The minimum Gasteiger partial charge on any atom is -1.00 e. The monoisotopic (exact) mass is 603 g/mol. The van der Waals surface area contributed by atoms with Crippen molar-refractivity contribution in [2.75, 3.05) is 26.7 Å². The summed E-state index contributed by atoms with van der Waals surface area (Å²) in [4.78, 5) is 0. The van der Waals surface area contributed by atoms with E-state index < -0.39 is 5.60 Å². The standard InChI is InChI=1S/C38H65NO2.ClH/c1-5-7-9-11-13-15-27-39(4,28-16-14-12-10-8-6-2)29-17-24-38(41)26-23-36-35-20-18-31-30-32(40)19-21-33(31)34(35)22-25-37(36,38)3;/h19,21,30,34-36,41H,5-18,20,22-29H2,1-4H3;1H/t34-,35-,36?,37+,38+;/m1./s1. The van der Waals surface area contributed by atoms with Crippen molar-refractivity contribution < 1.29 is 27.1 Å². The van der Waals surface area contributed by atoms with E-state index in [9.17, 15) is 10.2 Å². The molecule has 1 unspecified atom stereocenters. The first-order valence-corrected chi connectivity index (χ1v) is 18.1. The Morgan fingerprint density at radius 3 is 2.02 bits per heavy atom. The van der Waals surface area contributed by atoms with Crippen LogP contribution in [0, 0.1) is 17.3 Å². The quantitative estimate of drug-likeness (QED) is 0.141. The van der Waals surface area contributed by atoms with Gasteiger partial charge in [-0.2, -0.15) is 0 Å². The Balaban J connectivity index is 0.00000484. The van der Waals surface area contributed by atoms with E-state index in [4.69, 9.17) is 0 Å². The van der Waals surface area contributed by atoms with Crippen LogP contribution in [-0.2, 0) is 6.42 Å². The van der Waals surface area contributed by atoms with Crippen LogP contribution in [-0.4, -0.2) is 47.0 Å². The Labute approximate surface area is 266 Å². The first-order valence-electron chi connectivity index (χ1n) is 18.1. The number of halogens is 1. The number of phenols is 1. The van der Waals surface area contributed by atoms with Gasteiger partial charge in [0.25, 0.3) is 0 Å². The number of fused-ring (bicyclic) bond motifs is 5. The van der Waals surface area contributed by atoms with Gasteiger partial charge < -0.3 is 27.1 Å². The molecule has 3 aliphatic rings. The van der Waals surface area contributed by atoms with Crippen LogP contribution in [0.2, 0.25) is 0 Å². The lowest BCUT2D eigenvalue weighted by atomic mass is 9.53. The Hall–Kier alpha value is -0.770. The maximum Gasteiger partial charge on any atom is 0.115 e. The molecule has 1 aromatic rings. The van der Waals surface area contributed by atoms with E-state index in [-0.39, 0.29) is 17.8 Å². The molecular formula is C38H66ClNO2. The molecular weight excluding hydrogens is 538 g/mol. The highest BCUT2D eigenvalue weighted by Crippen LogP contribution is 2.65. The number of hydrogen-bond donors (Lipinski definition) is 2. The van der Waals surface area contributed by atoms with Gasteiger partial charge in [0.1, 0.15) is 5.75 Å². The van der Waals surface area contributed by atoms with Gasteiger partial charge in [-0.05, 0) is 123 Å². The zero-order valence-electron chi connectivity index (χ0n) is 27.9. The molecule has 1 aromatic carbocycles. The van der Waals surface area contributed by atoms with Gasteiger partial charge in [0.05, 0.1) is 32.3 Å². The molecule has 4 rings (SSSR count). The number of nitrogens with zero attached hydrogens (tertiary/aromatic N) is 1. The first kappa shape index (κ1) is 35.7. The molecule has 3 aliphatic carbocycles. The molecule has 2 N–H and O–H groups in total. The van der Waals surface area contributed by atoms with Gasteiger partial charge in [0.2, 0.25) is 0 Å². The highest BCUT2D eigenvalue weighted by molar-refractivity contribution is 5.40. The van der Waals surface area contributed by atoms with Crippen LogP contribution in [0.5, 0.6) is 5.75 Å². The number of aryl methyl sites for hydroxylation is 1. The summed E-state index contributed by atoms with van der Waals surface area (Å²) in [6, 6.07) is 6.11. The summed E-state index contributed by atoms with van der Waals surface area (Å²) >= 11 is 0. The van der Waals surface area contributed by atoms with E-state index in [0.717, 1.165) is 32.1 Å². The fourth-order valence-corrected chi connectivity index (χ4v) is 9.73. The summed E-state index contributed by atoms with van der Waals surface area (Å²) in [5, 5.41) is 22.3. The lowest BCUT2D eigenvalue weighted by molar-refractivity contribution is -0.910. The van der Waals surface area contributed by atoms with Crippen molar-refractivity contribution >= 4 is 0 Å². The number of rotatable bonds is 18. The van der Waals surface area contributed by atoms with Crippen LogP contribution < -0.4 is 12.4 Å². The summed E-state index contributed by atoms with van der Waals surface area (Å²) < 4.78 is 1.21. The van der Waals surface area contributed by atoms with E-state index in [2.05, 4.69) is 33.9 Å². The van der Waals surface area contributed by atoms with Gasteiger partial charge in [0.15, 0.2) is 0 Å². The zero-order chi connectivity index (χ0) is 29.3. The average molecular weight is 604 g/mol. The third-order valence-electron chi connectivity index (χ3n) is 12.4. The van der Waals surface area contributed by atoms with Crippen molar-refractivity contribution in [2.24, 2.45) is 17.3 Å². The largest absolute Gasteiger partial charge is 1.00 e. The van der Waals surface area contributed by atoms with Gasteiger partial charge in [-0.3, -0.25) is 0 Å². The van der Waals surface area contributed by atoms with E-state index in [0.29, 0.717) is 23.5 Å². The second-order valence-electron chi connectivity index (χ2n) is 15.3. The summed E-state index contributed by atoms with van der Waals surface area (Å²) in [6.07, 6.45) is 25.5. The van der Waals surface area contributed by atoms with Gasteiger partial charge in [-0.1, -0.05) is 78.2 Å². The number of aliphatic hydroxyl groups is 1. The van der Waals surface area contributed by atoms with E-state index in [1.807, 2.05) is 12.1 Å². The molecule has 0 bridgehead atoms. The molecule has 2 fully saturated rings. The molecule has 4 heteroatoms. The highest BCUT2D eigenvalue weighted by atomic mass is 35.5. The predicted molar refractivity (Wildman–Crippen MR) is 174 cm³/mol. The van der Waals surface area contributed by atoms with Crippen molar-refractivity contribution in [3.63, 3.8) is 0 Å². The van der Waals surface area contributed by atoms with Crippen LogP contribution in [0.15, 0.2) is 18.2 Å². The molecule has 0 aromatic heterocycles. The molecule has 0 spiro atoms. The van der Waals surface area contributed by atoms with Gasteiger partial charge >= 0.3 is 0 Å². The van der Waals surface area contributed by atoms with Crippen LogP contribution >= 0.6 is 0 Å². The molecule has 0 saturated heterocycles. The van der Waals surface area contributed by atoms with Crippen LogP contribution in [0.25, 0.3) is 0 Å². The molecule has 0 heterocycles. The smallest absolute Gasteiger partial charge is 0.115 e. The normalized spacial score (nSPS) is 28.5. The Morgan fingerprint density at radius 2 is 1.38 bits per heavy atom. The minimum atomic E-state index is -0.497. The van der Waals surface area contributed by atoms with Crippen molar-refractivity contribution in [1.29, 1.82) is 0 Å². The molecule has 0 amide bonds.